The lowest BCUT2D eigenvalue weighted by molar-refractivity contribution is -0.141. The fraction of sp³-hybridized carbons (Fsp3) is 0.417. The zero-order chi connectivity index (χ0) is 13.9. The number of carboxylic acid groups (broad SMARTS) is 1. The van der Waals surface area contributed by atoms with E-state index < -0.39 is 29.4 Å². The van der Waals surface area contributed by atoms with Gasteiger partial charge in [-0.3, -0.25) is 4.79 Å². The van der Waals surface area contributed by atoms with Gasteiger partial charge in [-0.05, 0) is 24.1 Å². The number of carbonyl (C=O) groups is 1. The number of alkyl halides is 3. The van der Waals surface area contributed by atoms with E-state index in [-0.39, 0.29) is 12.0 Å². The highest BCUT2D eigenvalue weighted by Crippen LogP contribution is 2.34. The van der Waals surface area contributed by atoms with Gasteiger partial charge in [0.25, 0.3) is 0 Å². The quantitative estimate of drug-likeness (QED) is 0.839. The lowest BCUT2D eigenvalue weighted by Crippen LogP contribution is -2.14. The van der Waals surface area contributed by atoms with Gasteiger partial charge in [0, 0.05) is 0 Å². The molecule has 1 aromatic carbocycles. The van der Waals surface area contributed by atoms with E-state index in [1.807, 2.05) is 0 Å². The molecule has 0 aliphatic heterocycles. The fourth-order valence-electron chi connectivity index (χ4n) is 1.70. The van der Waals surface area contributed by atoms with Crippen molar-refractivity contribution < 1.29 is 27.5 Å². The molecule has 1 rings (SSSR count). The van der Waals surface area contributed by atoms with Crippen LogP contribution in [0.4, 0.5) is 17.6 Å². The number of carboxylic acids is 1. The molecule has 1 N–H and O–H groups in total. The van der Waals surface area contributed by atoms with Crippen LogP contribution in [0.2, 0.25) is 0 Å². The first-order chi connectivity index (χ1) is 8.27. The topological polar surface area (TPSA) is 37.3 Å². The van der Waals surface area contributed by atoms with E-state index in [0.717, 1.165) is 6.07 Å². The molecule has 6 heteroatoms. The van der Waals surface area contributed by atoms with Crippen molar-refractivity contribution in [2.24, 2.45) is 0 Å². The van der Waals surface area contributed by atoms with E-state index in [2.05, 4.69) is 0 Å². The van der Waals surface area contributed by atoms with E-state index in [1.165, 1.54) is 0 Å². The maximum Gasteiger partial charge on any atom is 0.419 e. The maximum atomic E-state index is 13.0. The minimum atomic E-state index is -4.82. The van der Waals surface area contributed by atoms with E-state index in [0.29, 0.717) is 18.6 Å². The summed E-state index contributed by atoms with van der Waals surface area (Å²) in [6.45, 7) is 1.73. The molecule has 100 valence electrons. The molecule has 18 heavy (non-hydrogen) atoms. The second-order valence-electron chi connectivity index (χ2n) is 3.92. The first-order valence-electron chi connectivity index (χ1n) is 5.36. The lowest BCUT2D eigenvalue weighted by Gasteiger charge is -2.14. The molecule has 2 nitrogen and oxygen atoms in total. The number of rotatable bonds is 4. The third-order valence-electron chi connectivity index (χ3n) is 2.57. The van der Waals surface area contributed by atoms with Gasteiger partial charge in [0.05, 0.1) is 11.5 Å². The van der Waals surface area contributed by atoms with E-state index in [9.17, 15) is 22.4 Å². The number of hydrogen-bond acceptors (Lipinski definition) is 1. The van der Waals surface area contributed by atoms with Gasteiger partial charge in [0.1, 0.15) is 5.82 Å². The molecular formula is C12H12F4O2. The van der Waals surface area contributed by atoms with Crippen LogP contribution in [-0.2, 0) is 11.0 Å². The molecule has 0 saturated heterocycles. The summed E-state index contributed by atoms with van der Waals surface area (Å²) in [5.41, 5.74) is -1.46. The summed E-state index contributed by atoms with van der Waals surface area (Å²) in [7, 11) is 0. The number of aliphatic carboxylic acids is 1. The Morgan fingerprint density at radius 2 is 2.00 bits per heavy atom. The average Bonchev–Trinajstić information content (AvgIpc) is 2.25. The van der Waals surface area contributed by atoms with Gasteiger partial charge in [0.15, 0.2) is 0 Å². The van der Waals surface area contributed by atoms with Crippen molar-refractivity contribution in [1.29, 1.82) is 0 Å². The molecule has 1 unspecified atom stereocenters. The monoisotopic (exact) mass is 264 g/mol. The fourth-order valence-corrected chi connectivity index (χ4v) is 1.70. The van der Waals surface area contributed by atoms with Gasteiger partial charge in [-0.1, -0.05) is 19.4 Å². The van der Waals surface area contributed by atoms with Crippen molar-refractivity contribution in [3.63, 3.8) is 0 Å². The molecule has 0 spiro atoms. The van der Waals surface area contributed by atoms with Crippen LogP contribution in [0.15, 0.2) is 18.2 Å². The van der Waals surface area contributed by atoms with Crippen LogP contribution >= 0.6 is 0 Å². The summed E-state index contributed by atoms with van der Waals surface area (Å²) in [4.78, 5) is 11.0. The van der Waals surface area contributed by atoms with Gasteiger partial charge in [-0.2, -0.15) is 13.2 Å². The molecule has 1 aromatic rings. The van der Waals surface area contributed by atoms with Crippen LogP contribution in [0.3, 0.4) is 0 Å². The van der Waals surface area contributed by atoms with Crippen molar-refractivity contribution in [3.8, 4) is 0 Å². The molecule has 0 heterocycles. The Labute approximate surface area is 101 Å². The van der Waals surface area contributed by atoms with E-state index >= 15 is 0 Å². The van der Waals surface area contributed by atoms with E-state index in [4.69, 9.17) is 5.11 Å². The molecule has 1 atom stereocenters. The third-order valence-corrected chi connectivity index (χ3v) is 2.57. The number of benzene rings is 1. The summed E-state index contributed by atoms with van der Waals surface area (Å²) in [6, 6.07) is 2.31. The van der Waals surface area contributed by atoms with Crippen molar-refractivity contribution in [1.82, 2.24) is 0 Å². The molecule has 0 aromatic heterocycles. The van der Waals surface area contributed by atoms with Crippen LogP contribution in [-0.4, -0.2) is 11.1 Å². The van der Waals surface area contributed by atoms with Crippen molar-refractivity contribution in [3.05, 3.63) is 35.1 Å². The zero-order valence-corrected chi connectivity index (χ0v) is 9.59. The second kappa shape index (κ2) is 5.37. The van der Waals surface area contributed by atoms with Crippen LogP contribution in [0.25, 0.3) is 0 Å². The van der Waals surface area contributed by atoms with Crippen LogP contribution in [0.1, 0.15) is 36.8 Å². The van der Waals surface area contributed by atoms with Crippen molar-refractivity contribution in [2.45, 2.75) is 31.9 Å². The molecule has 0 aliphatic rings. The first-order valence-corrected chi connectivity index (χ1v) is 5.36. The third kappa shape index (κ3) is 3.21. The Kier molecular flexibility index (Phi) is 4.32. The van der Waals surface area contributed by atoms with Gasteiger partial charge < -0.3 is 5.11 Å². The number of hydrogen-bond donors (Lipinski definition) is 1. The van der Waals surface area contributed by atoms with Gasteiger partial charge in [-0.15, -0.1) is 0 Å². The van der Waals surface area contributed by atoms with Crippen molar-refractivity contribution >= 4 is 5.97 Å². The Morgan fingerprint density at radius 3 is 2.44 bits per heavy atom. The molecular weight excluding hydrogens is 252 g/mol. The number of halogens is 4. The predicted molar refractivity (Wildman–Crippen MR) is 56.7 cm³/mol. The van der Waals surface area contributed by atoms with Crippen LogP contribution in [0, 0.1) is 5.82 Å². The summed E-state index contributed by atoms with van der Waals surface area (Å²) in [6.07, 6.45) is -4.11. The molecule has 0 fully saturated rings. The largest absolute Gasteiger partial charge is 0.481 e. The highest BCUT2D eigenvalue weighted by molar-refractivity contribution is 5.76. The molecule has 0 aliphatic carbocycles. The van der Waals surface area contributed by atoms with Crippen LogP contribution in [0.5, 0.6) is 0 Å². The normalized spacial score (nSPS) is 13.4. The SMILES string of the molecule is CCCC(C(=O)O)c1ccc(F)c(C(F)(F)F)c1. The van der Waals surface area contributed by atoms with Gasteiger partial charge in [-0.25, -0.2) is 4.39 Å². The second-order valence-corrected chi connectivity index (χ2v) is 3.92. The van der Waals surface area contributed by atoms with E-state index in [1.54, 1.807) is 6.92 Å². The Morgan fingerprint density at radius 1 is 1.39 bits per heavy atom. The average molecular weight is 264 g/mol. The summed E-state index contributed by atoms with van der Waals surface area (Å²) >= 11 is 0. The van der Waals surface area contributed by atoms with Gasteiger partial charge in [0.2, 0.25) is 0 Å². The first kappa shape index (κ1) is 14.5. The summed E-state index contributed by atoms with van der Waals surface area (Å²) in [5, 5.41) is 8.95. The Balaban J connectivity index is 3.22. The predicted octanol–water partition coefficient (Wildman–Crippen LogP) is 3.81. The zero-order valence-electron chi connectivity index (χ0n) is 9.59. The molecule has 0 saturated carbocycles. The highest BCUT2D eigenvalue weighted by atomic mass is 19.4. The molecule has 0 radical (unpaired) electrons. The highest BCUT2D eigenvalue weighted by Gasteiger charge is 2.35. The minimum absolute atomic E-state index is 0.0296. The standard InChI is InChI=1S/C12H12F4O2/c1-2-3-8(11(17)18)7-4-5-10(13)9(6-7)12(14,15)16/h4-6,8H,2-3H2,1H3,(H,17,18). The molecule has 0 bridgehead atoms. The summed E-state index contributed by atoms with van der Waals surface area (Å²) < 4.78 is 50.5. The van der Waals surface area contributed by atoms with Crippen LogP contribution < -0.4 is 0 Å². The Bertz CT molecular complexity index is 440. The Hall–Kier alpha value is -1.59. The minimum Gasteiger partial charge on any atom is -0.481 e. The van der Waals surface area contributed by atoms with Gasteiger partial charge >= 0.3 is 12.1 Å². The summed E-state index contributed by atoms with van der Waals surface area (Å²) in [5.74, 6) is -3.65. The smallest absolute Gasteiger partial charge is 0.419 e. The van der Waals surface area contributed by atoms with Crippen molar-refractivity contribution in [2.75, 3.05) is 0 Å². The molecule has 0 amide bonds. The maximum absolute atomic E-state index is 13.0. The lowest BCUT2D eigenvalue weighted by atomic mass is 9.93.